The van der Waals surface area contributed by atoms with Gasteiger partial charge in [-0.25, -0.2) is 0 Å². The van der Waals surface area contributed by atoms with Crippen LogP contribution in [0.25, 0.3) is 0 Å². The van der Waals surface area contributed by atoms with Gasteiger partial charge in [0.15, 0.2) is 0 Å². The van der Waals surface area contributed by atoms with Crippen molar-refractivity contribution in [1.29, 1.82) is 0 Å². The zero-order valence-electron chi connectivity index (χ0n) is 12.1. The molecule has 1 atom stereocenters. The summed E-state index contributed by atoms with van der Waals surface area (Å²) in [6.45, 7) is 2.90. The van der Waals surface area contributed by atoms with E-state index in [1.165, 1.54) is 5.56 Å². The molecule has 1 aromatic rings. The lowest BCUT2D eigenvalue weighted by molar-refractivity contribution is 0.287. The predicted octanol–water partition coefficient (Wildman–Crippen LogP) is 1.53. The van der Waals surface area contributed by atoms with Gasteiger partial charge in [0.25, 0.3) is 0 Å². The Balaban J connectivity index is 2.22. The second-order valence-electron chi connectivity index (χ2n) is 5.59. The minimum atomic E-state index is 0.187. The first-order valence-corrected chi connectivity index (χ1v) is 6.71. The van der Waals surface area contributed by atoms with Crippen molar-refractivity contribution in [2.45, 2.75) is 12.8 Å². The SMILES string of the molecule is COc1cc(CC2(CN)CCN(C)C2)cc(OC)c1. The first-order chi connectivity index (χ1) is 9.10. The Bertz CT molecular complexity index is 414. The first-order valence-electron chi connectivity index (χ1n) is 6.71. The van der Waals surface area contributed by atoms with Crippen molar-refractivity contribution in [2.24, 2.45) is 11.1 Å². The van der Waals surface area contributed by atoms with Crippen LogP contribution >= 0.6 is 0 Å². The number of hydrogen-bond acceptors (Lipinski definition) is 4. The third-order valence-electron chi connectivity index (χ3n) is 4.05. The van der Waals surface area contributed by atoms with Gasteiger partial charge in [0.2, 0.25) is 0 Å². The summed E-state index contributed by atoms with van der Waals surface area (Å²) >= 11 is 0. The van der Waals surface area contributed by atoms with E-state index in [-0.39, 0.29) is 5.41 Å². The normalized spacial score (nSPS) is 23.6. The highest BCUT2D eigenvalue weighted by atomic mass is 16.5. The molecule has 0 aliphatic carbocycles. The molecule has 2 N–H and O–H groups in total. The summed E-state index contributed by atoms with van der Waals surface area (Å²) in [6.07, 6.45) is 2.13. The second kappa shape index (κ2) is 5.80. The van der Waals surface area contributed by atoms with E-state index < -0.39 is 0 Å². The minimum Gasteiger partial charge on any atom is -0.497 e. The Hall–Kier alpha value is -1.26. The topological polar surface area (TPSA) is 47.7 Å². The zero-order valence-corrected chi connectivity index (χ0v) is 12.1. The molecule has 1 saturated heterocycles. The lowest BCUT2D eigenvalue weighted by Gasteiger charge is -2.27. The van der Waals surface area contributed by atoms with Gasteiger partial charge >= 0.3 is 0 Å². The number of benzene rings is 1. The van der Waals surface area contributed by atoms with E-state index in [0.29, 0.717) is 0 Å². The molecule has 19 heavy (non-hydrogen) atoms. The molecule has 4 nitrogen and oxygen atoms in total. The van der Waals surface area contributed by atoms with Crippen LogP contribution in [0.15, 0.2) is 18.2 Å². The maximum Gasteiger partial charge on any atom is 0.122 e. The molecule has 1 aromatic carbocycles. The molecule has 1 aliphatic heterocycles. The quantitative estimate of drug-likeness (QED) is 0.876. The van der Waals surface area contributed by atoms with E-state index in [1.54, 1.807) is 14.2 Å². The lowest BCUT2D eigenvalue weighted by atomic mass is 9.81. The van der Waals surface area contributed by atoms with Crippen molar-refractivity contribution in [3.8, 4) is 11.5 Å². The van der Waals surface area contributed by atoms with Crippen molar-refractivity contribution in [3.63, 3.8) is 0 Å². The molecule has 106 valence electrons. The Kier molecular flexibility index (Phi) is 4.32. The van der Waals surface area contributed by atoms with Gasteiger partial charge in [0.1, 0.15) is 11.5 Å². The van der Waals surface area contributed by atoms with Gasteiger partial charge in [-0.05, 0) is 50.7 Å². The monoisotopic (exact) mass is 264 g/mol. The summed E-state index contributed by atoms with van der Waals surface area (Å²) in [5.74, 6) is 1.68. The number of hydrogen-bond donors (Lipinski definition) is 1. The Morgan fingerprint density at radius 3 is 2.26 bits per heavy atom. The van der Waals surface area contributed by atoms with E-state index in [1.807, 2.05) is 6.07 Å². The average Bonchev–Trinajstić information content (AvgIpc) is 2.80. The lowest BCUT2D eigenvalue weighted by Crippen LogP contribution is -2.35. The van der Waals surface area contributed by atoms with Gasteiger partial charge in [-0.15, -0.1) is 0 Å². The second-order valence-corrected chi connectivity index (χ2v) is 5.59. The fraction of sp³-hybridized carbons (Fsp3) is 0.600. The van der Waals surface area contributed by atoms with Gasteiger partial charge in [0, 0.05) is 18.0 Å². The maximum atomic E-state index is 6.03. The highest BCUT2D eigenvalue weighted by Crippen LogP contribution is 2.34. The number of methoxy groups -OCH3 is 2. The zero-order chi connectivity index (χ0) is 13.9. The molecular formula is C15H24N2O2. The molecule has 4 heteroatoms. The van der Waals surface area contributed by atoms with Gasteiger partial charge < -0.3 is 20.1 Å². The highest BCUT2D eigenvalue weighted by molar-refractivity contribution is 5.39. The van der Waals surface area contributed by atoms with Crippen LogP contribution in [0.2, 0.25) is 0 Å². The van der Waals surface area contributed by atoms with Crippen LogP contribution in [0, 0.1) is 5.41 Å². The maximum absolute atomic E-state index is 6.03. The summed E-state index contributed by atoms with van der Waals surface area (Å²) in [5.41, 5.74) is 7.45. The predicted molar refractivity (Wildman–Crippen MR) is 76.9 cm³/mol. The first kappa shape index (κ1) is 14.2. The molecule has 2 rings (SSSR count). The number of ether oxygens (including phenoxy) is 2. The number of nitrogens with two attached hydrogens (primary N) is 1. The van der Waals surface area contributed by atoms with Crippen LogP contribution in [0.4, 0.5) is 0 Å². The standard InChI is InChI=1S/C15H24N2O2/c1-17-5-4-15(10-16,11-17)9-12-6-13(18-2)8-14(7-12)19-3/h6-8H,4-5,9-11,16H2,1-3H3. The molecule has 0 amide bonds. The minimum absolute atomic E-state index is 0.187. The molecule has 1 unspecified atom stereocenters. The van der Waals surface area contributed by atoms with Crippen molar-refractivity contribution >= 4 is 0 Å². The van der Waals surface area contributed by atoms with Crippen LogP contribution in [-0.2, 0) is 6.42 Å². The van der Waals surface area contributed by atoms with E-state index in [0.717, 1.165) is 44.0 Å². The molecule has 0 spiro atoms. The van der Waals surface area contributed by atoms with E-state index in [9.17, 15) is 0 Å². The largest absolute Gasteiger partial charge is 0.497 e. The van der Waals surface area contributed by atoms with Crippen molar-refractivity contribution < 1.29 is 9.47 Å². The highest BCUT2D eigenvalue weighted by Gasteiger charge is 2.35. The third-order valence-corrected chi connectivity index (χ3v) is 4.05. The molecule has 0 radical (unpaired) electrons. The van der Waals surface area contributed by atoms with Crippen LogP contribution < -0.4 is 15.2 Å². The van der Waals surface area contributed by atoms with Gasteiger partial charge in [-0.2, -0.15) is 0 Å². The van der Waals surface area contributed by atoms with Crippen molar-refractivity contribution in [3.05, 3.63) is 23.8 Å². The fourth-order valence-electron chi connectivity index (χ4n) is 2.94. The molecule has 1 fully saturated rings. The molecule has 0 saturated carbocycles. The Morgan fingerprint density at radius 2 is 1.84 bits per heavy atom. The van der Waals surface area contributed by atoms with Crippen LogP contribution in [0.5, 0.6) is 11.5 Å². The summed E-state index contributed by atoms with van der Waals surface area (Å²) in [7, 11) is 5.52. The summed E-state index contributed by atoms with van der Waals surface area (Å²) < 4.78 is 10.7. The molecule has 0 aromatic heterocycles. The van der Waals surface area contributed by atoms with Gasteiger partial charge in [-0.3, -0.25) is 0 Å². The van der Waals surface area contributed by atoms with E-state index >= 15 is 0 Å². The average molecular weight is 264 g/mol. The van der Waals surface area contributed by atoms with Gasteiger partial charge in [0.05, 0.1) is 14.2 Å². The van der Waals surface area contributed by atoms with E-state index in [4.69, 9.17) is 15.2 Å². The summed E-state index contributed by atoms with van der Waals surface area (Å²) in [5, 5.41) is 0. The molecule has 1 aliphatic rings. The molecule has 1 heterocycles. The molecular weight excluding hydrogens is 240 g/mol. The third kappa shape index (κ3) is 3.19. The fourth-order valence-corrected chi connectivity index (χ4v) is 2.94. The van der Waals surface area contributed by atoms with Crippen LogP contribution in [0.1, 0.15) is 12.0 Å². The Morgan fingerprint density at radius 1 is 1.21 bits per heavy atom. The van der Waals surface area contributed by atoms with Crippen LogP contribution in [-0.4, -0.2) is 45.8 Å². The number of rotatable bonds is 5. The van der Waals surface area contributed by atoms with Crippen LogP contribution in [0.3, 0.4) is 0 Å². The number of likely N-dealkylation sites (tertiary alicyclic amines) is 1. The number of nitrogens with zero attached hydrogens (tertiary/aromatic N) is 1. The van der Waals surface area contributed by atoms with E-state index in [2.05, 4.69) is 24.1 Å². The molecule has 0 bridgehead atoms. The van der Waals surface area contributed by atoms with Crippen molar-refractivity contribution in [1.82, 2.24) is 4.90 Å². The van der Waals surface area contributed by atoms with Crippen molar-refractivity contribution in [2.75, 3.05) is 40.9 Å². The summed E-state index contributed by atoms with van der Waals surface area (Å²) in [4.78, 5) is 2.35. The Labute approximate surface area is 115 Å². The summed E-state index contributed by atoms with van der Waals surface area (Å²) in [6, 6.07) is 6.07. The van der Waals surface area contributed by atoms with Gasteiger partial charge in [-0.1, -0.05) is 0 Å². The smallest absolute Gasteiger partial charge is 0.122 e.